The maximum Gasteiger partial charge on any atom is 0.252 e. The normalized spacial score (nSPS) is 12.2. The number of anilines is 1. The average Bonchev–Trinajstić information content (AvgIpc) is 2.60. The molecule has 1 amide bonds. The molecule has 0 aliphatic carbocycles. The highest BCUT2D eigenvalue weighted by Gasteiger charge is 2.23. The van der Waals surface area contributed by atoms with E-state index in [-0.39, 0.29) is 11.5 Å². The fraction of sp³-hybridized carbons (Fsp3) is 0.304. The van der Waals surface area contributed by atoms with Gasteiger partial charge in [0.2, 0.25) is 5.91 Å². The second kappa shape index (κ2) is 7.39. The zero-order valence-electron chi connectivity index (χ0n) is 16.6. The van der Waals surface area contributed by atoms with Crippen LogP contribution in [0.15, 0.2) is 47.3 Å². The minimum Gasteiger partial charge on any atom is -0.324 e. The molecule has 27 heavy (non-hydrogen) atoms. The maximum atomic E-state index is 13.0. The van der Waals surface area contributed by atoms with Crippen molar-refractivity contribution in [2.75, 3.05) is 5.32 Å². The first-order valence-corrected chi connectivity index (χ1v) is 9.32. The summed E-state index contributed by atoms with van der Waals surface area (Å²) >= 11 is 0. The quantitative estimate of drug-likeness (QED) is 0.723. The van der Waals surface area contributed by atoms with Gasteiger partial charge in [-0.05, 0) is 63.4 Å². The van der Waals surface area contributed by atoms with Crippen molar-refractivity contribution in [3.8, 4) is 0 Å². The van der Waals surface area contributed by atoms with Gasteiger partial charge in [-0.2, -0.15) is 0 Å². The lowest BCUT2D eigenvalue weighted by molar-refractivity contribution is -0.119. The van der Waals surface area contributed by atoms with Crippen molar-refractivity contribution in [1.29, 1.82) is 0 Å². The van der Waals surface area contributed by atoms with Gasteiger partial charge in [-0.15, -0.1) is 0 Å². The Morgan fingerprint density at radius 2 is 1.63 bits per heavy atom. The van der Waals surface area contributed by atoms with Gasteiger partial charge in [-0.25, -0.2) is 0 Å². The standard InChI is InChI=1S/C23H26N2O2/c1-6-20(23(27)24-18-9-7-14(2)8-10-18)25-21(26)13-16(4)19-12-15(3)11-17(5)22(19)25/h7-13,20H,6H2,1-5H3,(H,24,27). The third-order valence-corrected chi connectivity index (χ3v) is 5.01. The van der Waals surface area contributed by atoms with Crippen molar-refractivity contribution >= 4 is 22.5 Å². The molecule has 0 aliphatic rings. The number of hydrogen-bond donors (Lipinski definition) is 1. The highest BCUT2D eigenvalue weighted by molar-refractivity contribution is 5.95. The van der Waals surface area contributed by atoms with Crippen molar-refractivity contribution in [3.05, 3.63) is 75.1 Å². The number of amides is 1. The van der Waals surface area contributed by atoms with Gasteiger partial charge in [0.25, 0.3) is 5.56 Å². The number of benzene rings is 2. The molecule has 4 heteroatoms. The molecule has 0 bridgehead atoms. The number of aromatic nitrogens is 1. The largest absolute Gasteiger partial charge is 0.324 e. The molecule has 0 aliphatic heterocycles. The lowest BCUT2D eigenvalue weighted by Gasteiger charge is -2.22. The number of carbonyl (C=O) groups is 1. The summed E-state index contributed by atoms with van der Waals surface area (Å²) in [6, 6.07) is 12.9. The van der Waals surface area contributed by atoms with Crippen LogP contribution in [0.3, 0.4) is 0 Å². The van der Waals surface area contributed by atoms with Crippen molar-refractivity contribution in [2.45, 2.75) is 47.1 Å². The molecule has 2 aromatic carbocycles. The zero-order chi connectivity index (χ0) is 19.7. The van der Waals surface area contributed by atoms with Crippen molar-refractivity contribution in [1.82, 2.24) is 4.57 Å². The molecule has 1 atom stereocenters. The maximum absolute atomic E-state index is 13.0. The van der Waals surface area contributed by atoms with Crippen LogP contribution in [0.25, 0.3) is 10.9 Å². The summed E-state index contributed by atoms with van der Waals surface area (Å²) in [7, 11) is 0. The molecular formula is C23H26N2O2. The van der Waals surface area contributed by atoms with Crippen LogP contribution in [0.5, 0.6) is 0 Å². The SMILES string of the molecule is CCC(C(=O)Nc1ccc(C)cc1)n1c(=O)cc(C)c2cc(C)cc(C)c21. The van der Waals surface area contributed by atoms with Crippen LogP contribution in [-0.4, -0.2) is 10.5 Å². The summed E-state index contributed by atoms with van der Waals surface area (Å²) in [6.07, 6.45) is 0.531. The molecule has 0 radical (unpaired) electrons. The fourth-order valence-electron chi connectivity index (χ4n) is 3.68. The number of nitrogens with one attached hydrogen (secondary N) is 1. The third-order valence-electron chi connectivity index (χ3n) is 5.01. The number of pyridine rings is 1. The molecule has 0 saturated carbocycles. The van der Waals surface area contributed by atoms with Gasteiger partial charge in [-0.3, -0.25) is 14.2 Å². The summed E-state index contributed by atoms with van der Waals surface area (Å²) in [6.45, 7) is 9.92. The van der Waals surface area contributed by atoms with Gasteiger partial charge in [0, 0.05) is 17.1 Å². The lowest BCUT2D eigenvalue weighted by Crippen LogP contribution is -2.33. The van der Waals surface area contributed by atoms with Gasteiger partial charge >= 0.3 is 0 Å². The number of aryl methyl sites for hydroxylation is 4. The zero-order valence-corrected chi connectivity index (χ0v) is 16.6. The molecule has 1 aromatic heterocycles. The fourth-order valence-corrected chi connectivity index (χ4v) is 3.68. The van der Waals surface area contributed by atoms with E-state index in [9.17, 15) is 9.59 Å². The summed E-state index contributed by atoms with van der Waals surface area (Å²) in [5.74, 6) is -0.173. The van der Waals surface area contributed by atoms with Gasteiger partial charge < -0.3 is 5.32 Å². The topological polar surface area (TPSA) is 51.1 Å². The predicted molar refractivity (Wildman–Crippen MR) is 112 cm³/mol. The molecule has 3 rings (SSSR count). The minimum absolute atomic E-state index is 0.141. The summed E-state index contributed by atoms with van der Waals surface area (Å²) < 4.78 is 1.65. The summed E-state index contributed by atoms with van der Waals surface area (Å²) in [5, 5.41) is 3.98. The monoisotopic (exact) mass is 362 g/mol. The molecule has 0 spiro atoms. The van der Waals surface area contributed by atoms with Gasteiger partial charge in [0.1, 0.15) is 6.04 Å². The molecule has 0 saturated heterocycles. The minimum atomic E-state index is -0.566. The van der Waals surface area contributed by atoms with E-state index in [1.165, 1.54) is 0 Å². The van der Waals surface area contributed by atoms with Crippen molar-refractivity contribution in [3.63, 3.8) is 0 Å². The van der Waals surface area contributed by atoms with E-state index in [0.29, 0.717) is 6.42 Å². The number of rotatable bonds is 4. The Labute approximate surface area is 159 Å². The van der Waals surface area contributed by atoms with Crippen molar-refractivity contribution in [2.24, 2.45) is 0 Å². The molecule has 4 nitrogen and oxygen atoms in total. The summed E-state index contributed by atoms with van der Waals surface area (Å²) in [4.78, 5) is 25.9. The van der Waals surface area contributed by atoms with Crippen LogP contribution in [0.4, 0.5) is 5.69 Å². The molecule has 140 valence electrons. The van der Waals surface area contributed by atoms with Crippen LogP contribution in [0.2, 0.25) is 0 Å². The lowest BCUT2D eigenvalue weighted by atomic mass is 10.0. The summed E-state index contributed by atoms with van der Waals surface area (Å²) in [5.41, 5.74) is 5.66. The van der Waals surface area contributed by atoms with E-state index < -0.39 is 6.04 Å². The van der Waals surface area contributed by atoms with Crippen LogP contribution in [0.1, 0.15) is 41.6 Å². The van der Waals surface area contributed by atoms with E-state index in [2.05, 4.69) is 17.4 Å². The molecule has 1 heterocycles. The predicted octanol–water partition coefficient (Wildman–Crippen LogP) is 4.82. The van der Waals surface area contributed by atoms with E-state index in [0.717, 1.165) is 38.8 Å². The van der Waals surface area contributed by atoms with Gasteiger partial charge in [0.15, 0.2) is 0 Å². The van der Waals surface area contributed by atoms with E-state index >= 15 is 0 Å². The first kappa shape index (κ1) is 18.9. The van der Waals surface area contributed by atoms with Crippen molar-refractivity contribution < 1.29 is 4.79 Å². The second-order valence-electron chi connectivity index (χ2n) is 7.29. The van der Waals surface area contributed by atoms with E-state index in [4.69, 9.17) is 0 Å². The number of hydrogen-bond acceptors (Lipinski definition) is 2. The highest BCUT2D eigenvalue weighted by Crippen LogP contribution is 2.26. The van der Waals surface area contributed by atoms with Crippen LogP contribution in [-0.2, 0) is 4.79 Å². The Kier molecular flexibility index (Phi) is 5.17. The Bertz CT molecular complexity index is 1060. The van der Waals surface area contributed by atoms with Gasteiger partial charge in [-0.1, -0.05) is 36.2 Å². The number of carbonyl (C=O) groups excluding carboxylic acids is 1. The average molecular weight is 362 g/mol. The van der Waals surface area contributed by atoms with Crippen LogP contribution >= 0.6 is 0 Å². The molecule has 3 aromatic rings. The molecule has 1 unspecified atom stereocenters. The Hall–Kier alpha value is -2.88. The molecule has 0 fully saturated rings. The first-order valence-electron chi connectivity index (χ1n) is 9.32. The highest BCUT2D eigenvalue weighted by atomic mass is 16.2. The smallest absolute Gasteiger partial charge is 0.252 e. The van der Waals surface area contributed by atoms with Gasteiger partial charge in [0.05, 0.1) is 5.52 Å². The first-order chi connectivity index (χ1) is 12.8. The van der Waals surface area contributed by atoms with Crippen LogP contribution < -0.4 is 10.9 Å². The molecular weight excluding hydrogens is 336 g/mol. The number of nitrogens with zero attached hydrogens (tertiary/aromatic N) is 1. The third kappa shape index (κ3) is 3.65. The Morgan fingerprint density at radius 1 is 0.963 bits per heavy atom. The second-order valence-corrected chi connectivity index (χ2v) is 7.29. The molecule has 1 N–H and O–H groups in total. The van der Waals surface area contributed by atoms with Crippen LogP contribution in [0, 0.1) is 27.7 Å². The Balaban J connectivity index is 2.12. The van der Waals surface area contributed by atoms with E-state index in [1.54, 1.807) is 10.6 Å². The van der Waals surface area contributed by atoms with E-state index in [1.807, 2.05) is 58.9 Å². The Morgan fingerprint density at radius 3 is 2.26 bits per heavy atom. The number of fused-ring (bicyclic) bond motifs is 1.